The first-order valence-corrected chi connectivity index (χ1v) is 47.4. The Bertz CT molecular complexity index is 10000. The van der Waals surface area contributed by atoms with Crippen molar-refractivity contribution in [2.75, 3.05) is 0 Å². The predicted molar refractivity (Wildman–Crippen MR) is 577 cm³/mol. The zero-order chi connectivity index (χ0) is 89.2. The van der Waals surface area contributed by atoms with Crippen molar-refractivity contribution in [3.05, 3.63) is 485 Å². The summed E-state index contributed by atoms with van der Waals surface area (Å²) in [6.45, 7) is 0. The predicted octanol–water partition coefficient (Wildman–Crippen LogP) is 35.2. The molecule has 0 unspecified atom stereocenters. The van der Waals surface area contributed by atoms with Crippen molar-refractivity contribution in [3.63, 3.8) is 0 Å². The van der Waals surface area contributed by atoms with Crippen LogP contribution < -0.4 is 0 Å². The van der Waals surface area contributed by atoms with Gasteiger partial charge in [-0.2, -0.15) is 0 Å². The number of para-hydroxylation sites is 8. The molecule has 634 valence electrons. The SMILES string of the molecule is c1ccc(-c2cc(-c3ccccc3)cc(-c3ccc(-n4c5ccccc5c5ccc6c7ccccc7n(-c7ccccc7)c6c54)cc3)c2)cc1.c1ccc(-n2c3ccccc3c3ccc4c5c6ccccc6ccc5n(-c5ccc6c(c5)sc5ccccc56)c4c32)cc1.c1ccc(-n2c3ccccc3c3ccc4c5c6ccccc6ccc5n(-c5ccc6oc7ccccc7c6c5)c4c32)cc1. The average Bonchev–Trinajstić information content (AvgIpc) is 1.54. The third-order valence-corrected chi connectivity index (χ3v) is 29.4. The van der Waals surface area contributed by atoms with Crippen molar-refractivity contribution in [3.8, 4) is 67.5 Å². The third-order valence-electron chi connectivity index (χ3n) is 28.3. The first-order valence-electron chi connectivity index (χ1n) is 46.6. The van der Waals surface area contributed by atoms with Gasteiger partial charge in [-0.25, -0.2) is 0 Å². The van der Waals surface area contributed by atoms with Crippen molar-refractivity contribution in [2.45, 2.75) is 0 Å². The molecule has 0 aliphatic heterocycles. The maximum absolute atomic E-state index is 6.23. The lowest BCUT2D eigenvalue weighted by Gasteiger charge is -2.14. The fraction of sp³-hybridized carbons (Fsp3) is 0. The molecule has 0 fully saturated rings. The van der Waals surface area contributed by atoms with Gasteiger partial charge in [0.1, 0.15) is 11.2 Å². The highest BCUT2D eigenvalue weighted by Crippen LogP contribution is 2.50. The minimum atomic E-state index is 0.903. The van der Waals surface area contributed by atoms with E-state index in [1.54, 1.807) is 0 Å². The molecule has 0 bridgehead atoms. The van der Waals surface area contributed by atoms with Gasteiger partial charge in [0.2, 0.25) is 0 Å². The Morgan fingerprint density at radius 1 is 0.147 bits per heavy atom. The standard InChI is InChI=1S/C48H32N2.C40H24N2O.C40H24N2S/c1-4-14-33(15-5-1)36-30-37(34-16-6-2-7-17-34)32-38(31-36)35-24-26-40(27-25-35)50-46-23-13-11-21-42(46)44-29-28-43-41-20-10-12-22-45(41)49(47(43)48(44)50)39-18-8-3-9-19-39;1-2-11-26(12-3-1)41-34-16-8-6-14-29(34)31-20-21-32-38-28-13-5-4-10-25(28)18-22-35(38)42(40(32)39(31)41)27-19-23-37-33(24-27)30-15-7-9-17-36(30)43-37;1-2-11-26(12-3-1)41-34-16-8-6-14-29(34)32-21-22-33-38-28-13-5-4-10-25(28)18-23-35(38)42(40(33)39(32)41)27-19-20-31-30-15-7-9-17-36(30)43-37(31)24-27/h1-32H;2*1-24H. The highest BCUT2D eigenvalue weighted by atomic mass is 32.1. The Morgan fingerprint density at radius 2 is 0.441 bits per heavy atom. The van der Waals surface area contributed by atoms with Crippen LogP contribution in [-0.4, -0.2) is 27.4 Å². The van der Waals surface area contributed by atoms with E-state index >= 15 is 0 Å². The monoisotopic (exact) mass is 1750 g/mol. The van der Waals surface area contributed by atoms with Crippen molar-refractivity contribution >= 4 is 206 Å². The molecule has 8 aromatic heterocycles. The van der Waals surface area contributed by atoms with Crippen LogP contribution in [0, 0.1) is 0 Å². The molecule has 0 spiro atoms. The number of benzene rings is 22. The van der Waals surface area contributed by atoms with Gasteiger partial charge in [-0.05, 0) is 201 Å². The number of aromatic nitrogens is 6. The Labute approximate surface area is 784 Å². The zero-order valence-electron chi connectivity index (χ0n) is 73.7. The second-order valence-electron chi connectivity index (χ2n) is 35.7. The first-order chi connectivity index (χ1) is 67.5. The number of hydrogen-bond acceptors (Lipinski definition) is 2. The van der Waals surface area contributed by atoms with Gasteiger partial charge in [-0.3, -0.25) is 0 Å². The van der Waals surface area contributed by atoms with Crippen LogP contribution in [-0.2, 0) is 0 Å². The molecule has 0 radical (unpaired) electrons. The summed E-state index contributed by atoms with van der Waals surface area (Å²) in [7, 11) is 0. The van der Waals surface area contributed by atoms with Crippen LogP contribution in [0.25, 0.3) is 262 Å². The summed E-state index contributed by atoms with van der Waals surface area (Å²) in [5.74, 6) is 0. The second kappa shape index (κ2) is 30.9. The van der Waals surface area contributed by atoms with Gasteiger partial charge in [0, 0.05) is 130 Å². The minimum absolute atomic E-state index is 0.903. The highest BCUT2D eigenvalue weighted by molar-refractivity contribution is 7.25. The van der Waals surface area contributed by atoms with Gasteiger partial charge in [0.25, 0.3) is 0 Å². The molecular weight excluding hydrogens is 1670 g/mol. The van der Waals surface area contributed by atoms with Gasteiger partial charge in [-0.15, -0.1) is 11.3 Å². The van der Waals surface area contributed by atoms with Gasteiger partial charge < -0.3 is 31.8 Å². The minimum Gasteiger partial charge on any atom is -0.456 e. The fourth-order valence-corrected chi connectivity index (χ4v) is 23.5. The van der Waals surface area contributed by atoms with Crippen LogP contribution >= 0.6 is 11.3 Å². The molecule has 7 nitrogen and oxygen atoms in total. The third kappa shape index (κ3) is 11.9. The molecule has 136 heavy (non-hydrogen) atoms. The summed E-state index contributed by atoms with van der Waals surface area (Å²) in [5, 5.41) is 25.1. The molecule has 0 atom stereocenters. The topological polar surface area (TPSA) is 42.7 Å². The van der Waals surface area contributed by atoms with E-state index in [9.17, 15) is 0 Å². The lowest BCUT2D eigenvalue weighted by atomic mass is 9.93. The molecule has 0 saturated carbocycles. The normalized spacial score (nSPS) is 12.0. The Morgan fingerprint density at radius 3 is 0.882 bits per heavy atom. The summed E-state index contributed by atoms with van der Waals surface area (Å²) < 4.78 is 23.7. The van der Waals surface area contributed by atoms with E-state index in [-0.39, 0.29) is 0 Å². The van der Waals surface area contributed by atoms with E-state index in [0.29, 0.717) is 0 Å². The van der Waals surface area contributed by atoms with E-state index in [4.69, 9.17) is 4.42 Å². The second-order valence-corrected chi connectivity index (χ2v) is 36.7. The fourth-order valence-electron chi connectivity index (χ4n) is 22.4. The molecule has 8 heteroatoms. The van der Waals surface area contributed by atoms with Crippen LogP contribution in [0.4, 0.5) is 0 Å². The van der Waals surface area contributed by atoms with Gasteiger partial charge >= 0.3 is 0 Å². The van der Waals surface area contributed by atoms with Crippen molar-refractivity contribution in [1.29, 1.82) is 0 Å². The van der Waals surface area contributed by atoms with E-state index in [1.165, 1.54) is 217 Å². The molecule has 0 aliphatic rings. The van der Waals surface area contributed by atoms with Gasteiger partial charge in [-0.1, -0.05) is 340 Å². The van der Waals surface area contributed by atoms with E-state index in [0.717, 1.165) is 44.7 Å². The number of hydrogen-bond donors (Lipinski definition) is 0. The van der Waals surface area contributed by atoms with E-state index in [1.807, 2.05) is 23.5 Å². The average molecular weight is 1750 g/mol. The Kier molecular flexibility index (Phi) is 17.5. The number of thiophene rings is 1. The number of fused-ring (bicyclic) bond motifs is 31. The van der Waals surface area contributed by atoms with Crippen molar-refractivity contribution in [2.24, 2.45) is 0 Å². The molecule has 0 N–H and O–H groups in total. The Balaban J connectivity index is 0.000000101. The molecule has 0 aliphatic carbocycles. The summed E-state index contributed by atoms with van der Waals surface area (Å²) in [5.41, 5.74) is 30.6. The van der Waals surface area contributed by atoms with Gasteiger partial charge in [0.05, 0.1) is 66.2 Å². The van der Waals surface area contributed by atoms with Crippen LogP contribution in [0.1, 0.15) is 0 Å². The maximum Gasteiger partial charge on any atom is 0.135 e. The quantitative estimate of drug-likeness (QED) is 0.142. The van der Waals surface area contributed by atoms with Crippen molar-refractivity contribution < 1.29 is 4.42 Å². The van der Waals surface area contributed by atoms with E-state index < -0.39 is 0 Å². The number of nitrogens with zero attached hydrogens (tertiary/aromatic N) is 6. The van der Waals surface area contributed by atoms with Crippen LogP contribution in [0.5, 0.6) is 0 Å². The Hall–Kier alpha value is -17.8. The summed E-state index contributed by atoms with van der Waals surface area (Å²) >= 11 is 1.88. The molecule has 8 heterocycles. The zero-order valence-corrected chi connectivity index (χ0v) is 74.5. The van der Waals surface area contributed by atoms with Crippen LogP contribution in [0.15, 0.2) is 490 Å². The lowest BCUT2D eigenvalue weighted by molar-refractivity contribution is 0.669. The smallest absolute Gasteiger partial charge is 0.135 e. The van der Waals surface area contributed by atoms with Crippen LogP contribution in [0.2, 0.25) is 0 Å². The summed E-state index contributed by atoms with van der Waals surface area (Å²) in [6, 6.07) is 176. The molecular formula is C128H80N6OS. The van der Waals surface area contributed by atoms with E-state index in [2.05, 4.69) is 501 Å². The number of furan rings is 1. The molecule has 30 aromatic rings. The molecule has 0 saturated heterocycles. The summed E-state index contributed by atoms with van der Waals surface area (Å²) in [6.07, 6.45) is 0. The summed E-state index contributed by atoms with van der Waals surface area (Å²) in [4.78, 5) is 0. The molecule has 30 rings (SSSR count). The maximum atomic E-state index is 6.23. The molecule has 0 amide bonds. The largest absolute Gasteiger partial charge is 0.456 e. The van der Waals surface area contributed by atoms with Gasteiger partial charge in [0.15, 0.2) is 0 Å². The lowest BCUT2D eigenvalue weighted by Crippen LogP contribution is -1.98. The first kappa shape index (κ1) is 77.0. The highest BCUT2D eigenvalue weighted by Gasteiger charge is 2.28. The number of rotatable bonds is 9. The van der Waals surface area contributed by atoms with Crippen molar-refractivity contribution in [1.82, 2.24) is 27.4 Å². The van der Waals surface area contributed by atoms with Crippen LogP contribution in [0.3, 0.4) is 0 Å². The molecule has 22 aromatic carbocycles.